The van der Waals surface area contributed by atoms with E-state index in [-0.39, 0.29) is 18.0 Å². The molecule has 0 aromatic carbocycles. The van der Waals surface area contributed by atoms with E-state index >= 15 is 0 Å². The van der Waals surface area contributed by atoms with Crippen LogP contribution in [0.4, 0.5) is 0 Å². The average molecular weight is 301 g/mol. The number of ether oxygens (including phenoxy) is 1. The Labute approximate surface area is 109 Å². The van der Waals surface area contributed by atoms with E-state index < -0.39 is 0 Å². The molecule has 4 nitrogen and oxygen atoms in total. The number of aromatic nitrogens is 2. The van der Waals surface area contributed by atoms with Gasteiger partial charge in [-0.15, -0.1) is 0 Å². The summed E-state index contributed by atoms with van der Waals surface area (Å²) in [6.07, 6.45) is 4.29. The molecule has 0 aliphatic carbocycles. The number of carbonyl (C=O) groups is 1. The Bertz CT molecular complexity index is 417. The molecule has 2 unspecified atom stereocenters. The van der Waals surface area contributed by atoms with Crippen molar-refractivity contribution in [2.75, 3.05) is 0 Å². The molecule has 1 aromatic heterocycles. The van der Waals surface area contributed by atoms with Crippen LogP contribution in [-0.2, 0) is 11.3 Å². The molecule has 0 spiro atoms. The van der Waals surface area contributed by atoms with Gasteiger partial charge in [0.25, 0.3) is 0 Å². The van der Waals surface area contributed by atoms with Crippen molar-refractivity contribution < 1.29 is 9.53 Å². The number of rotatable bonds is 4. The highest BCUT2D eigenvalue weighted by atomic mass is 79.9. The summed E-state index contributed by atoms with van der Waals surface area (Å²) in [5.74, 6) is 0.0483. The first-order valence-electron chi connectivity index (χ1n) is 6.04. The number of halogens is 1. The maximum absolute atomic E-state index is 12.4. The molecule has 0 amide bonds. The molecule has 17 heavy (non-hydrogen) atoms. The molecule has 2 rings (SSSR count). The molecular weight excluding hydrogens is 284 g/mol. The molecule has 1 saturated heterocycles. The van der Waals surface area contributed by atoms with Crippen LogP contribution in [0.5, 0.6) is 0 Å². The minimum Gasteiger partial charge on any atom is -0.367 e. The summed E-state index contributed by atoms with van der Waals surface area (Å²) in [5, 5.41) is 4.21. The van der Waals surface area contributed by atoms with E-state index in [0.717, 1.165) is 30.3 Å². The van der Waals surface area contributed by atoms with Gasteiger partial charge in [-0.05, 0) is 42.1 Å². The minimum absolute atomic E-state index is 0.0483. The lowest BCUT2D eigenvalue weighted by Crippen LogP contribution is -2.24. The maximum atomic E-state index is 12.4. The fourth-order valence-corrected chi connectivity index (χ4v) is 2.63. The summed E-state index contributed by atoms with van der Waals surface area (Å²) < 4.78 is 8.15. The molecule has 1 aliphatic rings. The Balaban J connectivity index is 2.21. The van der Waals surface area contributed by atoms with Crippen LogP contribution >= 0.6 is 15.9 Å². The lowest BCUT2D eigenvalue weighted by Gasteiger charge is -2.12. The summed E-state index contributed by atoms with van der Waals surface area (Å²) >= 11 is 3.39. The van der Waals surface area contributed by atoms with Crippen molar-refractivity contribution in [3.05, 3.63) is 16.4 Å². The van der Waals surface area contributed by atoms with Crippen molar-refractivity contribution >= 4 is 21.7 Å². The molecule has 1 aliphatic heterocycles. The number of ketones is 1. The van der Waals surface area contributed by atoms with Crippen LogP contribution in [-0.4, -0.2) is 27.8 Å². The smallest absolute Gasteiger partial charge is 0.210 e. The van der Waals surface area contributed by atoms with Crippen LogP contribution in [0.25, 0.3) is 0 Å². The molecule has 1 aromatic rings. The van der Waals surface area contributed by atoms with Crippen molar-refractivity contribution in [2.45, 2.75) is 51.9 Å². The molecule has 2 heterocycles. The van der Waals surface area contributed by atoms with Crippen LogP contribution < -0.4 is 0 Å². The van der Waals surface area contributed by atoms with Crippen molar-refractivity contribution in [1.29, 1.82) is 0 Å². The molecule has 0 saturated carbocycles. The molecule has 5 heteroatoms. The van der Waals surface area contributed by atoms with Gasteiger partial charge in [0, 0.05) is 6.54 Å². The first kappa shape index (κ1) is 12.8. The highest BCUT2D eigenvalue weighted by Crippen LogP contribution is 2.26. The van der Waals surface area contributed by atoms with Crippen LogP contribution in [0.15, 0.2) is 10.7 Å². The summed E-state index contributed by atoms with van der Waals surface area (Å²) in [5.41, 5.74) is 0.644. The van der Waals surface area contributed by atoms with Crippen LogP contribution in [0, 0.1) is 0 Å². The van der Waals surface area contributed by atoms with E-state index in [1.54, 1.807) is 10.9 Å². The molecular formula is C12H17BrN2O2. The van der Waals surface area contributed by atoms with E-state index in [1.165, 1.54) is 0 Å². The monoisotopic (exact) mass is 300 g/mol. The van der Waals surface area contributed by atoms with Crippen LogP contribution in [0.1, 0.15) is 43.6 Å². The summed E-state index contributed by atoms with van der Waals surface area (Å²) in [7, 11) is 0. The summed E-state index contributed by atoms with van der Waals surface area (Å²) in [4.78, 5) is 12.4. The molecule has 0 bridgehead atoms. The zero-order chi connectivity index (χ0) is 12.4. The Kier molecular flexibility index (Phi) is 3.99. The van der Waals surface area contributed by atoms with Gasteiger partial charge in [0.15, 0.2) is 0 Å². The fourth-order valence-electron chi connectivity index (χ4n) is 2.14. The van der Waals surface area contributed by atoms with Gasteiger partial charge in [0.1, 0.15) is 11.8 Å². The number of aryl methyl sites for hydroxylation is 1. The predicted molar refractivity (Wildman–Crippen MR) is 68.1 cm³/mol. The second-order valence-electron chi connectivity index (χ2n) is 4.44. The zero-order valence-corrected chi connectivity index (χ0v) is 11.7. The number of hydrogen-bond acceptors (Lipinski definition) is 3. The standard InChI is InChI=1S/C12H17BrN2O2/c1-3-6-15-11(9(13)7-14-15)12(16)10-5-4-8(2)17-10/h7-8,10H,3-6H2,1-2H3. The maximum Gasteiger partial charge on any atom is 0.210 e. The van der Waals surface area contributed by atoms with Gasteiger partial charge >= 0.3 is 0 Å². The van der Waals surface area contributed by atoms with Gasteiger partial charge in [0.2, 0.25) is 5.78 Å². The number of hydrogen-bond donors (Lipinski definition) is 0. The van der Waals surface area contributed by atoms with Crippen molar-refractivity contribution in [2.24, 2.45) is 0 Å². The SMILES string of the molecule is CCCn1ncc(Br)c1C(=O)C1CCC(C)O1. The number of nitrogens with zero attached hydrogens (tertiary/aromatic N) is 2. The third kappa shape index (κ3) is 2.60. The fraction of sp³-hybridized carbons (Fsp3) is 0.667. The Morgan fingerprint density at radius 2 is 2.41 bits per heavy atom. The molecule has 94 valence electrons. The van der Waals surface area contributed by atoms with Gasteiger partial charge < -0.3 is 4.74 Å². The van der Waals surface area contributed by atoms with Crippen LogP contribution in [0.2, 0.25) is 0 Å². The lowest BCUT2D eigenvalue weighted by molar-refractivity contribution is 0.0423. The van der Waals surface area contributed by atoms with Crippen LogP contribution in [0.3, 0.4) is 0 Å². The number of Topliss-reactive ketones (excluding diaryl/α,β-unsaturated/α-hetero) is 1. The van der Waals surface area contributed by atoms with Crippen molar-refractivity contribution in [1.82, 2.24) is 9.78 Å². The highest BCUT2D eigenvalue weighted by Gasteiger charge is 2.32. The Morgan fingerprint density at radius 3 is 3.00 bits per heavy atom. The normalized spacial score (nSPS) is 24.2. The lowest BCUT2D eigenvalue weighted by atomic mass is 10.1. The second-order valence-corrected chi connectivity index (χ2v) is 5.30. The first-order valence-corrected chi connectivity index (χ1v) is 6.83. The molecule has 1 fully saturated rings. The largest absolute Gasteiger partial charge is 0.367 e. The van der Waals surface area contributed by atoms with E-state index in [9.17, 15) is 4.79 Å². The second kappa shape index (κ2) is 5.31. The Morgan fingerprint density at radius 1 is 1.65 bits per heavy atom. The number of carbonyl (C=O) groups excluding carboxylic acids is 1. The van der Waals surface area contributed by atoms with Gasteiger partial charge in [-0.1, -0.05) is 6.92 Å². The third-order valence-corrected chi connectivity index (χ3v) is 3.57. The molecule has 2 atom stereocenters. The topological polar surface area (TPSA) is 44.1 Å². The third-order valence-electron chi connectivity index (χ3n) is 2.99. The zero-order valence-electron chi connectivity index (χ0n) is 10.1. The summed E-state index contributed by atoms with van der Waals surface area (Å²) in [6, 6.07) is 0. The van der Waals surface area contributed by atoms with E-state index in [0.29, 0.717) is 5.69 Å². The minimum atomic E-state index is -0.298. The van der Waals surface area contributed by atoms with Crippen molar-refractivity contribution in [3.63, 3.8) is 0 Å². The molecule has 0 radical (unpaired) electrons. The van der Waals surface area contributed by atoms with Gasteiger partial charge in [-0.3, -0.25) is 9.48 Å². The average Bonchev–Trinajstić information content (AvgIpc) is 2.86. The van der Waals surface area contributed by atoms with Gasteiger partial charge in [-0.2, -0.15) is 5.10 Å². The van der Waals surface area contributed by atoms with E-state index in [4.69, 9.17) is 4.74 Å². The van der Waals surface area contributed by atoms with E-state index in [1.807, 2.05) is 6.92 Å². The highest BCUT2D eigenvalue weighted by molar-refractivity contribution is 9.10. The van der Waals surface area contributed by atoms with Gasteiger partial charge in [-0.25, -0.2) is 0 Å². The first-order chi connectivity index (χ1) is 8.13. The Hall–Kier alpha value is -0.680. The summed E-state index contributed by atoms with van der Waals surface area (Å²) in [6.45, 7) is 4.83. The predicted octanol–water partition coefficient (Wildman–Crippen LogP) is 2.81. The quantitative estimate of drug-likeness (QED) is 0.803. The van der Waals surface area contributed by atoms with Gasteiger partial charge in [0.05, 0.1) is 16.8 Å². The van der Waals surface area contributed by atoms with E-state index in [2.05, 4.69) is 28.0 Å². The van der Waals surface area contributed by atoms with Crippen molar-refractivity contribution in [3.8, 4) is 0 Å². The molecule has 0 N–H and O–H groups in total.